The minimum atomic E-state index is -1.16. The Hall–Kier alpha value is -2.08. The molecular formula is C10H11N5O5S2. The van der Waals surface area contributed by atoms with Crippen LogP contribution in [0.15, 0.2) is 10.2 Å². The van der Waals surface area contributed by atoms with E-state index in [9.17, 15) is 19.2 Å². The molecule has 0 radical (unpaired) electrons. The van der Waals surface area contributed by atoms with Crippen molar-refractivity contribution in [3.8, 4) is 0 Å². The summed E-state index contributed by atoms with van der Waals surface area (Å²) in [6.07, 6.45) is -0.162. The molecule has 0 bridgehead atoms. The minimum Gasteiger partial charge on any atom is -0.480 e. The van der Waals surface area contributed by atoms with Crippen molar-refractivity contribution in [2.75, 3.05) is 12.3 Å². The summed E-state index contributed by atoms with van der Waals surface area (Å²) in [5, 5.41) is 23.0. The smallest absolute Gasteiger partial charge is 0.322 e. The molecule has 0 unspecified atom stereocenters. The number of rotatable bonds is 5. The summed E-state index contributed by atoms with van der Waals surface area (Å²) < 4.78 is 0. The number of carboxylic acid groups (broad SMARTS) is 1. The molecule has 2 aliphatic heterocycles. The molecule has 0 aliphatic carbocycles. The van der Waals surface area contributed by atoms with Gasteiger partial charge in [0.1, 0.15) is 11.8 Å². The van der Waals surface area contributed by atoms with Gasteiger partial charge in [0.2, 0.25) is 17.7 Å². The number of hydrogen-bond acceptors (Lipinski definition) is 8. The van der Waals surface area contributed by atoms with E-state index in [1.165, 1.54) is 11.8 Å². The van der Waals surface area contributed by atoms with Crippen LogP contribution in [0, 0.1) is 0 Å². The molecule has 2 saturated heterocycles. The fourth-order valence-corrected chi connectivity index (χ4v) is 3.01. The van der Waals surface area contributed by atoms with E-state index < -0.39 is 29.6 Å². The maximum atomic E-state index is 11.7. The first-order valence-corrected chi connectivity index (χ1v) is 7.85. The van der Waals surface area contributed by atoms with Crippen LogP contribution in [0.1, 0.15) is 6.42 Å². The van der Waals surface area contributed by atoms with Crippen LogP contribution in [-0.2, 0) is 19.2 Å². The summed E-state index contributed by atoms with van der Waals surface area (Å²) >= 11 is 2.21. The van der Waals surface area contributed by atoms with Crippen LogP contribution >= 0.6 is 23.5 Å². The zero-order valence-electron chi connectivity index (χ0n) is 11.0. The summed E-state index contributed by atoms with van der Waals surface area (Å²) in [5.74, 6) is -2.00. The molecule has 0 aromatic heterocycles. The Morgan fingerprint density at radius 1 is 1.27 bits per heavy atom. The molecule has 0 spiro atoms. The van der Waals surface area contributed by atoms with Gasteiger partial charge in [-0.2, -0.15) is 0 Å². The first-order valence-electron chi connectivity index (χ1n) is 5.98. The third-order valence-electron chi connectivity index (χ3n) is 2.40. The van der Waals surface area contributed by atoms with Crippen LogP contribution in [0.4, 0.5) is 0 Å². The van der Waals surface area contributed by atoms with Crippen LogP contribution in [0.2, 0.25) is 0 Å². The first kappa shape index (κ1) is 16.3. The lowest BCUT2D eigenvalue weighted by molar-refractivity contribution is -0.138. The number of carbonyl (C=O) groups is 4. The van der Waals surface area contributed by atoms with Crippen molar-refractivity contribution in [2.45, 2.75) is 11.7 Å². The average Bonchev–Trinajstić information content (AvgIpc) is 3.01. The molecule has 2 aliphatic rings. The molecule has 2 fully saturated rings. The maximum Gasteiger partial charge on any atom is 0.322 e. The fourth-order valence-electron chi connectivity index (χ4n) is 1.47. The van der Waals surface area contributed by atoms with Crippen molar-refractivity contribution in [1.82, 2.24) is 16.0 Å². The second kappa shape index (κ2) is 7.26. The number of thioether (sulfide) groups is 2. The van der Waals surface area contributed by atoms with Crippen LogP contribution in [0.5, 0.6) is 0 Å². The molecule has 22 heavy (non-hydrogen) atoms. The number of carbonyl (C=O) groups excluding carboxylic acids is 3. The highest BCUT2D eigenvalue weighted by Gasteiger charge is 2.32. The number of carboxylic acids is 1. The number of hydrogen-bond donors (Lipinski definition) is 4. The van der Waals surface area contributed by atoms with Crippen LogP contribution in [-0.4, -0.2) is 56.7 Å². The van der Waals surface area contributed by atoms with Crippen molar-refractivity contribution >= 4 is 57.5 Å². The molecular weight excluding hydrogens is 334 g/mol. The average molecular weight is 345 g/mol. The first-order chi connectivity index (χ1) is 10.4. The zero-order valence-corrected chi connectivity index (χ0v) is 12.6. The largest absolute Gasteiger partial charge is 0.480 e. The Labute approximate surface area is 132 Å². The lowest BCUT2D eigenvalue weighted by Gasteiger charge is -2.04. The Balaban J connectivity index is 1.86. The van der Waals surface area contributed by atoms with Crippen molar-refractivity contribution in [2.24, 2.45) is 10.2 Å². The standard InChI is InChI=1S/C10H11N5O5S2/c16-5(11-2-7(18)19)1-4-8(20)13-10(22-4)15-14-9-12-6(17)3-21-9/h4H,1-3H2,(H,11,16)(H,18,19)(H,12,14,17)(H,13,15,20)/t4-/m1/s1. The van der Waals surface area contributed by atoms with E-state index in [1.54, 1.807) is 0 Å². The van der Waals surface area contributed by atoms with Gasteiger partial charge < -0.3 is 21.1 Å². The predicted molar refractivity (Wildman–Crippen MR) is 80.3 cm³/mol. The second-order valence-electron chi connectivity index (χ2n) is 4.12. The zero-order chi connectivity index (χ0) is 16.1. The Kier molecular flexibility index (Phi) is 5.38. The molecule has 0 aromatic rings. The highest BCUT2D eigenvalue weighted by molar-refractivity contribution is 8.15. The van der Waals surface area contributed by atoms with E-state index in [0.29, 0.717) is 5.17 Å². The number of nitrogens with one attached hydrogen (secondary N) is 3. The molecule has 118 valence electrons. The van der Waals surface area contributed by atoms with Gasteiger partial charge in [-0.1, -0.05) is 23.5 Å². The Morgan fingerprint density at radius 3 is 2.64 bits per heavy atom. The third-order valence-corrected chi connectivity index (χ3v) is 4.34. The van der Waals surface area contributed by atoms with Gasteiger partial charge in [0.05, 0.1) is 5.75 Å². The lowest BCUT2D eigenvalue weighted by Crippen LogP contribution is -2.33. The maximum absolute atomic E-state index is 11.7. The van der Waals surface area contributed by atoms with E-state index in [2.05, 4.69) is 26.2 Å². The fraction of sp³-hybridized carbons (Fsp3) is 0.400. The number of aliphatic carboxylic acids is 1. The molecule has 0 aromatic carbocycles. The van der Waals surface area contributed by atoms with Gasteiger partial charge in [-0.3, -0.25) is 19.2 Å². The normalized spacial score (nSPS) is 24.5. The Morgan fingerprint density at radius 2 is 2.00 bits per heavy atom. The predicted octanol–water partition coefficient (Wildman–Crippen LogP) is -1.70. The molecule has 12 heteroatoms. The highest BCUT2D eigenvalue weighted by Crippen LogP contribution is 2.22. The highest BCUT2D eigenvalue weighted by atomic mass is 32.2. The van der Waals surface area contributed by atoms with Crippen molar-refractivity contribution < 1.29 is 24.3 Å². The number of nitrogens with zero attached hydrogens (tertiary/aromatic N) is 2. The number of amidine groups is 2. The van der Waals surface area contributed by atoms with Crippen molar-refractivity contribution in [1.29, 1.82) is 0 Å². The van der Waals surface area contributed by atoms with Gasteiger partial charge in [-0.15, -0.1) is 10.2 Å². The molecule has 3 amide bonds. The monoisotopic (exact) mass is 345 g/mol. The molecule has 10 nitrogen and oxygen atoms in total. The van der Waals surface area contributed by atoms with Gasteiger partial charge in [-0.05, 0) is 0 Å². The Bertz CT molecular complexity index is 590. The summed E-state index contributed by atoms with van der Waals surface area (Å²) in [7, 11) is 0. The van der Waals surface area contributed by atoms with Gasteiger partial charge in [0, 0.05) is 6.42 Å². The molecule has 2 rings (SSSR count). The third kappa shape index (κ3) is 4.73. The van der Waals surface area contributed by atoms with Crippen molar-refractivity contribution in [3.05, 3.63) is 0 Å². The second-order valence-corrected chi connectivity index (χ2v) is 6.27. The molecule has 4 N–H and O–H groups in total. The van der Waals surface area contributed by atoms with E-state index in [-0.39, 0.29) is 23.2 Å². The van der Waals surface area contributed by atoms with Gasteiger partial charge >= 0.3 is 5.97 Å². The summed E-state index contributed by atoms with van der Waals surface area (Å²) in [6, 6.07) is 0. The topological polar surface area (TPSA) is 149 Å². The van der Waals surface area contributed by atoms with Gasteiger partial charge in [-0.25, -0.2) is 0 Å². The summed E-state index contributed by atoms with van der Waals surface area (Å²) in [4.78, 5) is 44.4. The SMILES string of the molecule is O=C(O)CNC(=O)C[C@H]1SC(=NN=C2NC(=O)CS2)NC1=O. The minimum absolute atomic E-state index is 0.162. The summed E-state index contributed by atoms with van der Waals surface area (Å²) in [5.41, 5.74) is 0. The molecule has 0 saturated carbocycles. The lowest BCUT2D eigenvalue weighted by atomic mass is 10.2. The van der Waals surface area contributed by atoms with E-state index in [0.717, 1.165) is 11.8 Å². The van der Waals surface area contributed by atoms with Gasteiger partial charge in [0.15, 0.2) is 10.3 Å². The van der Waals surface area contributed by atoms with E-state index in [1.807, 2.05) is 0 Å². The van der Waals surface area contributed by atoms with Crippen LogP contribution in [0.25, 0.3) is 0 Å². The molecule has 2 heterocycles. The number of amides is 3. The van der Waals surface area contributed by atoms with Gasteiger partial charge in [0.25, 0.3) is 0 Å². The molecule has 1 atom stereocenters. The van der Waals surface area contributed by atoms with E-state index >= 15 is 0 Å². The summed E-state index contributed by atoms with van der Waals surface area (Å²) in [6.45, 7) is -0.497. The van der Waals surface area contributed by atoms with E-state index in [4.69, 9.17) is 5.11 Å². The van der Waals surface area contributed by atoms with Crippen molar-refractivity contribution in [3.63, 3.8) is 0 Å². The van der Waals surface area contributed by atoms with Crippen LogP contribution < -0.4 is 16.0 Å². The quantitative estimate of drug-likeness (QED) is 0.434. The van der Waals surface area contributed by atoms with Crippen LogP contribution in [0.3, 0.4) is 0 Å².